The average Bonchev–Trinajstić information content (AvgIpc) is 3.02. The fraction of sp³-hybridized carbons (Fsp3) is 0.762. The Morgan fingerprint density at radius 2 is 1.83 bits per heavy atom. The first-order chi connectivity index (χ1) is 14.3. The van der Waals surface area contributed by atoms with Gasteiger partial charge in [-0.25, -0.2) is 9.59 Å². The maximum Gasteiger partial charge on any atom is 0.508 e. The van der Waals surface area contributed by atoms with Gasteiger partial charge in [-0.15, -0.1) is 0 Å². The van der Waals surface area contributed by atoms with Gasteiger partial charge in [-0.05, 0) is 63.2 Å². The molecule has 0 aromatic carbocycles. The van der Waals surface area contributed by atoms with Crippen molar-refractivity contribution in [3.63, 3.8) is 0 Å². The average molecular weight is 420 g/mol. The number of aromatic amines is 1. The second kappa shape index (κ2) is 7.23. The standard InChI is InChI=1S/C21H28N2O7/c1-11-9-23(19(26)22-18(11)25)17-5-15(24)16(29-17)10-28-20(27)30-21-6-12-2-13(7-21)4-14(3-12)8-21/h9,12-17,24H,2-8,10H2,1H3,(H,22,25,26)/t12?,13?,14?,15-,16+,17+,21?/m0/s1. The van der Waals surface area contributed by atoms with Crippen molar-refractivity contribution in [2.75, 3.05) is 6.61 Å². The van der Waals surface area contributed by atoms with E-state index in [9.17, 15) is 19.5 Å². The molecule has 1 aromatic rings. The lowest BCUT2D eigenvalue weighted by Crippen LogP contribution is -2.52. The molecule has 6 rings (SSSR count). The molecule has 1 aliphatic heterocycles. The van der Waals surface area contributed by atoms with E-state index in [1.807, 2.05) is 0 Å². The summed E-state index contributed by atoms with van der Waals surface area (Å²) in [6, 6.07) is 0. The first kappa shape index (κ1) is 19.8. The number of nitrogens with one attached hydrogen (secondary N) is 1. The Morgan fingerprint density at radius 3 is 2.47 bits per heavy atom. The Bertz CT molecular complexity index is 916. The molecular formula is C21H28N2O7. The third kappa shape index (κ3) is 3.58. The Balaban J connectivity index is 1.18. The van der Waals surface area contributed by atoms with Gasteiger partial charge < -0.3 is 19.3 Å². The molecule has 2 N–H and O–H groups in total. The number of nitrogens with zero attached hydrogens (tertiary/aromatic N) is 1. The summed E-state index contributed by atoms with van der Waals surface area (Å²) in [6.45, 7) is 1.43. The van der Waals surface area contributed by atoms with Crippen LogP contribution < -0.4 is 11.2 Å². The third-order valence-electron chi connectivity index (χ3n) is 7.31. The number of aliphatic hydroxyl groups is 1. The van der Waals surface area contributed by atoms with Crippen LogP contribution in [0.1, 0.15) is 56.7 Å². The van der Waals surface area contributed by atoms with Crippen LogP contribution in [0.3, 0.4) is 0 Å². The molecule has 1 aromatic heterocycles. The number of carbonyl (C=O) groups excluding carboxylic acids is 1. The smallest absolute Gasteiger partial charge is 0.431 e. The first-order valence-corrected chi connectivity index (χ1v) is 10.8. The van der Waals surface area contributed by atoms with Crippen LogP contribution >= 0.6 is 0 Å². The summed E-state index contributed by atoms with van der Waals surface area (Å²) in [6.07, 6.45) is 4.98. The molecule has 0 spiro atoms. The molecular weight excluding hydrogens is 392 g/mol. The number of H-pyrrole nitrogens is 1. The topological polar surface area (TPSA) is 120 Å². The normalized spacial score (nSPS) is 39.3. The number of aryl methyl sites for hydroxylation is 1. The largest absolute Gasteiger partial charge is 0.508 e. The van der Waals surface area contributed by atoms with Gasteiger partial charge in [0, 0.05) is 18.2 Å². The number of hydrogen-bond acceptors (Lipinski definition) is 7. The van der Waals surface area contributed by atoms with E-state index in [1.54, 1.807) is 6.92 Å². The van der Waals surface area contributed by atoms with Crippen molar-refractivity contribution in [2.24, 2.45) is 17.8 Å². The zero-order valence-corrected chi connectivity index (χ0v) is 17.0. The van der Waals surface area contributed by atoms with Gasteiger partial charge in [-0.3, -0.25) is 14.3 Å². The lowest BCUT2D eigenvalue weighted by Gasteiger charge is -2.55. The number of rotatable bonds is 4. The Morgan fingerprint density at radius 1 is 1.20 bits per heavy atom. The van der Waals surface area contributed by atoms with E-state index < -0.39 is 35.8 Å². The van der Waals surface area contributed by atoms with Crippen LogP contribution in [-0.2, 0) is 14.2 Å². The van der Waals surface area contributed by atoms with Gasteiger partial charge in [-0.1, -0.05) is 0 Å². The Labute approximate surface area is 173 Å². The second-order valence-electron chi connectivity index (χ2n) is 9.67. The summed E-state index contributed by atoms with van der Waals surface area (Å²) in [5, 5.41) is 10.3. The number of aromatic nitrogens is 2. The molecule has 9 heteroatoms. The molecule has 0 amide bonds. The van der Waals surface area contributed by atoms with Crippen LogP contribution in [0.4, 0.5) is 4.79 Å². The first-order valence-electron chi connectivity index (χ1n) is 10.8. The van der Waals surface area contributed by atoms with Crippen molar-refractivity contribution in [3.8, 4) is 0 Å². The van der Waals surface area contributed by atoms with Crippen molar-refractivity contribution in [3.05, 3.63) is 32.6 Å². The molecule has 9 nitrogen and oxygen atoms in total. The lowest BCUT2D eigenvalue weighted by molar-refractivity contribution is -0.147. The van der Waals surface area contributed by atoms with Crippen molar-refractivity contribution >= 4 is 6.16 Å². The van der Waals surface area contributed by atoms with Crippen LogP contribution in [0.15, 0.2) is 15.8 Å². The fourth-order valence-electron chi connectivity index (χ4n) is 6.35. The number of aliphatic hydroxyl groups excluding tert-OH is 1. The van der Waals surface area contributed by atoms with E-state index in [1.165, 1.54) is 30.0 Å². The lowest BCUT2D eigenvalue weighted by atomic mass is 9.54. The maximum absolute atomic E-state index is 12.4. The molecule has 4 saturated carbocycles. The van der Waals surface area contributed by atoms with Crippen molar-refractivity contribution in [1.82, 2.24) is 9.55 Å². The Kier molecular flexibility index (Phi) is 4.77. The summed E-state index contributed by atoms with van der Waals surface area (Å²) in [4.78, 5) is 38.2. The van der Waals surface area contributed by atoms with Gasteiger partial charge in [-0.2, -0.15) is 0 Å². The van der Waals surface area contributed by atoms with Gasteiger partial charge >= 0.3 is 11.8 Å². The SMILES string of the molecule is Cc1cn([C@H]2C[C@H](O)[C@@H](COC(=O)OC34CC5CC(CC(C5)C3)C4)O2)c(=O)[nH]c1=O. The van der Waals surface area contributed by atoms with Crippen LogP contribution in [0.2, 0.25) is 0 Å². The summed E-state index contributed by atoms with van der Waals surface area (Å²) < 4.78 is 18.1. The second-order valence-corrected chi connectivity index (χ2v) is 9.67. The number of hydrogen-bond donors (Lipinski definition) is 2. The molecule has 0 radical (unpaired) electrons. The molecule has 30 heavy (non-hydrogen) atoms. The summed E-state index contributed by atoms with van der Waals surface area (Å²) in [5.41, 5.74) is -1.08. The summed E-state index contributed by atoms with van der Waals surface area (Å²) in [5.74, 6) is 1.97. The molecule has 4 bridgehead atoms. The van der Waals surface area contributed by atoms with E-state index >= 15 is 0 Å². The van der Waals surface area contributed by atoms with E-state index in [0.29, 0.717) is 23.3 Å². The number of ether oxygens (including phenoxy) is 3. The minimum atomic E-state index is -0.901. The highest BCUT2D eigenvalue weighted by atomic mass is 16.7. The Hall–Kier alpha value is -2.13. The van der Waals surface area contributed by atoms with Gasteiger partial charge in [0.05, 0.1) is 6.10 Å². The van der Waals surface area contributed by atoms with E-state index in [-0.39, 0.29) is 18.6 Å². The van der Waals surface area contributed by atoms with Crippen molar-refractivity contribution in [2.45, 2.75) is 75.9 Å². The van der Waals surface area contributed by atoms with Crippen molar-refractivity contribution in [1.29, 1.82) is 0 Å². The molecule has 3 atom stereocenters. The molecule has 164 valence electrons. The monoisotopic (exact) mass is 420 g/mol. The molecule has 2 heterocycles. The molecule has 5 fully saturated rings. The minimum Gasteiger partial charge on any atom is -0.431 e. The van der Waals surface area contributed by atoms with E-state index in [4.69, 9.17) is 14.2 Å². The zero-order chi connectivity index (χ0) is 21.0. The zero-order valence-electron chi connectivity index (χ0n) is 17.0. The fourth-order valence-corrected chi connectivity index (χ4v) is 6.35. The molecule has 5 aliphatic rings. The molecule has 1 saturated heterocycles. The highest BCUT2D eigenvalue weighted by molar-refractivity contribution is 5.60. The minimum absolute atomic E-state index is 0.153. The summed E-state index contributed by atoms with van der Waals surface area (Å²) >= 11 is 0. The number of carbonyl (C=O) groups is 1. The van der Waals surface area contributed by atoms with Crippen LogP contribution in [0.5, 0.6) is 0 Å². The van der Waals surface area contributed by atoms with Gasteiger partial charge in [0.1, 0.15) is 24.5 Å². The van der Waals surface area contributed by atoms with E-state index in [2.05, 4.69) is 4.98 Å². The highest BCUT2D eigenvalue weighted by Gasteiger charge is 2.53. The maximum atomic E-state index is 12.4. The molecule has 4 aliphatic carbocycles. The van der Waals surface area contributed by atoms with Crippen molar-refractivity contribution < 1.29 is 24.1 Å². The molecule has 0 unspecified atom stereocenters. The van der Waals surface area contributed by atoms with E-state index in [0.717, 1.165) is 19.3 Å². The van der Waals surface area contributed by atoms with Gasteiger partial charge in [0.2, 0.25) is 0 Å². The van der Waals surface area contributed by atoms with Crippen LogP contribution in [0, 0.1) is 24.7 Å². The quantitative estimate of drug-likeness (QED) is 0.710. The van der Waals surface area contributed by atoms with Gasteiger partial charge in [0.25, 0.3) is 5.56 Å². The van der Waals surface area contributed by atoms with Crippen LogP contribution in [-0.4, -0.2) is 45.2 Å². The van der Waals surface area contributed by atoms with Gasteiger partial charge in [0.15, 0.2) is 0 Å². The summed E-state index contributed by atoms with van der Waals surface area (Å²) in [7, 11) is 0. The van der Waals surface area contributed by atoms with Crippen LogP contribution in [0.25, 0.3) is 0 Å². The predicted octanol–water partition coefficient (Wildman–Crippen LogP) is 1.62. The third-order valence-corrected chi connectivity index (χ3v) is 7.31. The predicted molar refractivity (Wildman–Crippen MR) is 104 cm³/mol. The highest BCUT2D eigenvalue weighted by Crippen LogP contribution is 2.57.